The van der Waals surface area contributed by atoms with Gasteiger partial charge in [-0.3, -0.25) is 0 Å². The van der Waals surface area contributed by atoms with E-state index in [-0.39, 0.29) is 11.3 Å². The molecule has 0 saturated heterocycles. The maximum Gasteiger partial charge on any atom is 0.135 e. The molecule has 0 aliphatic carbocycles. The Bertz CT molecular complexity index is 561. The van der Waals surface area contributed by atoms with Crippen molar-refractivity contribution in [2.45, 2.75) is 6.10 Å². The van der Waals surface area contributed by atoms with Gasteiger partial charge in [0, 0.05) is 15.7 Å². The van der Waals surface area contributed by atoms with Crippen LogP contribution in [-0.2, 0) is 0 Å². The van der Waals surface area contributed by atoms with Crippen molar-refractivity contribution in [2.24, 2.45) is 0 Å². The molecule has 2 aromatic rings. The molecule has 100 valence electrons. The van der Waals surface area contributed by atoms with Crippen LogP contribution in [0.15, 0.2) is 36.4 Å². The number of rotatable bonds is 3. The summed E-state index contributed by atoms with van der Waals surface area (Å²) < 4.78 is 33.4. The minimum atomic E-state index is -1.34. The van der Waals surface area contributed by atoms with Gasteiger partial charge in [-0.1, -0.05) is 12.1 Å². The molecule has 0 saturated carbocycles. The number of ether oxygens (including phenoxy) is 1. The summed E-state index contributed by atoms with van der Waals surface area (Å²) in [6.07, 6.45) is -1.34. The highest BCUT2D eigenvalue weighted by molar-refractivity contribution is 14.1. The van der Waals surface area contributed by atoms with Crippen molar-refractivity contribution < 1.29 is 18.6 Å². The molecule has 0 aliphatic heterocycles. The first-order chi connectivity index (χ1) is 9.02. The smallest absolute Gasteiger partial charge is 0.135 e. The fourth-order valence-electron chi connectivity index (χ4n) is 1.75. The fourth-order valence-corrected chi connectivity index (χ4v) is 2.11. The Hall–Kier alpha value is -1.21. The van der Waals surface area contributed by atoms with Crippen LogP contribution in [0.25, 0.3) is 0 Å². The largest absolute Gasteiger partial charge is 0.497 e. The van der Waals surface area contributed by atoms with E-state index in [9.17, 15) is 13.9 Å². The van der Waals surface area contributed by atoms with Crippen LogP contribution >= 0.6 is 22.6 Å². The molecule has 0 radical (unpaired) electrons. The Labute approximate surface area is 123 Å². The summed E-state index contributed by atoms with van der Waals surface area (Å²) >= 11 is 2.11. The molecular formula is C14H11F2IO2. The molecule has 0 spiro atoms. The third kappa shape index (κ3) is 3.03. The monoisotopic (exact) mass is 376 g/mol. The second-order valence-electron chi connectivity index (χ2n) is 3.96. The first kappa shape index (κ1) is 14.2. The summed E-state index contributed by atoms with van der Waals surface area (Å²) in [6, 6.07) is 8.89. The van der Waals surface area contributed by atoms with Crippen molar-refractivity contribution in [2.75, 3.05) is 7.11 Å². The lowest BCUT2D eigenvalue weighted by Gasteiger charge is -2.14. The maximum absolute atomic E-state index is 13.8. The van der Waals surface area contributed by atoms with Gasteiger partial charge in [0.2, 0.25) is 0 Å². The molecule has 5 heteroatoms. The predicted molar refractivity (Wildman–Crippen MR) is 76.1 cm³/mol. The lowest BCUT2D eigenvalue weighted by Crippen LogP contribution is -2.06. The van der Waals surface area contributed by atoms with Gasteiger partial charge in [0.15, 0.2) is 0 Å². The minimum Gasteiger partial charge on any atom is -0.497 e. The van der Waals surface area contributed by atoms with Gasteiger partial charge in [-0.25, -0.2) is 8.78 Å². The van der Waals surface area contributed by atoms with Crippen LogP contribution in [0.1, 0.15) is 17.2 Å². The van der Waals surface area contributed by atoms with E-state index in [0.29, 0.717) is 5.56 Å². The molecular weight excluding hydrogens is 365 g/mol. The van der Waals surface area contributed by atoms with Gasteiger partial charge in [-0.15, -0.1) is 0 Å². The van der Waals surface area contributed by atoms with Crippen LogP contribution in [-0.4, -0.2) is 12.2 Å². The predicted octanol–water partition coefficient (Wildman–Crippen LogP) is 3.66. The molecule has 1 unspecified atom stereocenters. The maximum atomic E-state index is 13.8. The van der Waals surface area contributed by atoms with Gasteiger partial charge in [-0.2, -0.15) is 0 Å². The molecule has 0 amide bonds. The quantitative estimate of drug-likeness (QED) is 0.829. The Balaban J connectivity index is 2.44. The number of aliphatic hydroxyl groups excluding tert-OH is 1. The van der Waals surface area contributed by atoms with E-state index in [4.69, 9.17) is 4.74 Å². The van der Waals surface area contributed by atoms with Gasteiger partial charge >= 0.3 is 0 Å². The molecule has 0 aliphatic rings. The van der Waals surface area contributed by atoms with E-state index in [0.717, 1.165) is 15.7 Å². The summed E-state index contributed by atoms with van der Waals surface area (Å²) in [5.41, 5.74) is 0.0605. The standard InChI is InChI=1S/C14H11F2IO2/c1-19-10-6-11(15)13(12(16)7-10)14(18)8-2-4-9(17)5-3-8/h2-7,14,18H,1H3. The van der Waals surface area contributed by atoms with E-state index in [1.807, 2.05) is 0 Å². The number of hydrogen-bond acceptors (Lipinski definition) is 2. The van der Waals surface area contributed by atoms with Gasteiger partial charge in [0.25, 0.3) is 0 Å². The van der Waals surface area contributed by atoms with Crippen molar-refractivity contribution in [3.8, 4) is 5.75 Å². The summed E-state index contributed by atoms with van der Waals surface area (Å²) in [5.74, 6) is -1.58. The fraction of sp³-hybridized carbons (Fsp3) is 0.143. The van der Waals surface area contributed by atoms with Crippen molar-refractivity contribution in [3.05, 3.63) is 62.7 Å². The van der Waals surface area contributed by atoms with E-state index in [1.165, 1.54) is 7.11 Å². The van der Waals surface area contributed by atoms with E-state index in [1.54, 1.807) is 24.3 Å². The van der Waals surface area contributed by atoms with Gasteiger partial charge < -0.3 is 9.84 Å². The normalized spacial score (nSPS) is 12.3. The highest BCUT2D eigenvalue weighted by Crippen LogP contribution is 2.30. The molecule has 2 rings (SSSR count). The zero-order valence-electron chi connectivity index (χ0n) is 10.0. The number of aliphatic hydroxyl groups is 1. The van der Waals surface area contributed by atoms with Crippen LogP contribution in [0.2, 0.25) is 0 Å². The molecule has 0 heterocycles. The number of methoxy groups -OCH3 is 1. The molecule has 1 N–H and O–H groups in total. The molecule has 2 nitrogen and oxygen atoms in total. The molecule has 0 aromatic heterocycles. The van der Waals surface area contributed by atoms with E-state index >= 15 is 0 Å². The number of hydrogen-bond donors (Lipinski definition) is 1. The van der Waals surface area contributed by atoms with Crippen molar-refractivity contribution in [1.82, 2.24) is 0 Å². The topological polar surface area (TPSA) is 29.5 Å². The SMILES string of the molecule is COc1cc(F)c(C(O)c2ccc(I)cc2)c(F)c1. The number of halogens is 3. The number of benzene rings is 2. The molecule has 1 atom stereocenters. The van der Waals surface area contributed by atoms with Gasteiger partial charge in [0.05, 0.1) is 12.7 Å². The van der Waals surface area contributed by atoms with Crippen molar-refractivity contribution in [1.29, 1.82) is 0 Å². The second kappa shape index (κ2) is 5.83. The molecule has 0 fully saturated rings. The Morgan fingerprint density at radius 1 is 1.11 bits per heavy atom. The lowest BCUT2D eigenvalue weighted by atomic mass is 10.0. The Kier molecular flexibility index (Phi) is 4.36. The molecule has 0 bridgehead atoms. The van der Waals surface area contributed by atoms with Crippen LogP contribution < -0.4 is 4.74 Å². The van der Waals surface area contributed by atoms with Crippen LogP contribution in [0, 0.1) is 15.2 Å². The van der Waals surface area contributed by atoms with Crippen molar-refractivity contribution >= 4 is 22.6 Å². The first-order valence-corrected chi connectivity index (χ1v) is 6.57. The van der Waals surface area contributed by atoms with Gasteiger partial charge in [0.1, 0.15) is 23.5 Å². The summed E-state index contributed by atoms with van der Waals surface area (Å²) in [5, 5.41) is 10.1. The zero-order chi connectivity index (χ0) is 14.0. The zero-order valence-corrected chi connectivity index (χ0v) is 12.2. The lowest BCUT2D eigenvalue weighted by molar-refractivity contribution is 0.208. The van der Waals surface area contributed by atoms with Gasteiger partial charge in [-0.05, 0) is 40.3 Å². The molecule has 19 heavy (non-hydrogen) atoms. The van der Waals surface area contributed by atoms with Crippen LogP contribution in [0.3, 0.4) is 0 Å². The average Bonchev–Trinajstić information content (AvgIpc) is 2.38. The van der Waals surface area contributed by atoms with Crippen molar-refractivity contribution in [3.63, 3.8) is 0 Å². The Morgan fingerprint density at radius 3 is 2.11 bits per heavy atom. The van der Waals surface area contributed by atoms with E-state index < -0.39 is 17.7 Å². The Morgan fingerprint density at radius 2 is 1.63 bits per heavy atom. The van der Waals surface area contributed by atoms with E-state index in [2.05, 4.69) is 22.6 Å². The third-order valence-electron chi connectivity index (χ3n) is 2.75. The summed E-state index contributed by atoms with van der Waals surface area (Å²) in [6.45, 7) is 0. The highest BCUT2D eigenvalue weighted by atomic mass is 127. The van der Waals surface area contributed by atoms with Crippen LogP contribution in [0.5, 0.6) is 5.75 Å². The molecule has 2 aromatic carbocycles. The summed E-state index contributed by atoms with van der Waals surface area (Å²) in [4.78, 5) is 0. The first-order valence-electron chi connectivity index (χ1n) is 5.49. The second-order valence-corrected chi connectivity index (χ2v) is 5.20. The summed E-state index contributed by atoms with van der Waals surface area (Å²) in [7, 11) is 1.32. The minimum absolute atomic E-state index is 0.0774. The third-order valence-corrected chi connectivity index (χ3v) is 3.47. The average molecular weight is 376 g/mol. The highest BCUT2D eigenvalue weighted by Gasteiger charge is 2.21. The van der Waals surface area contributed by atoms with Crippen LogP contribution in [0.4, 0.5) is 8.78 Å².